The SMILES string of the molecule is C.CCOC(=O)COc1ccc(NC(=O)c2ccc(C(=N)N3CCCCC3)cc2)c(C(=O)Cc2ccc(Cl)cn2)c1. The normalized spacial score (nSPS) is 12.6. The first-order valence-electron chi connectivity index (χ1n) is 13.2. The van der Waals surface area contributed by atoms with Crippen molar-refractivity contribution in [2.75, 3.05) is 31.6 Å². The molecular formula is C31H35ClN4O5. The van der Waals surface area contributed by atoms with Gasteiger partial charge in [0.2, 0.25) is 0 Å². The monoisotopic (exact) mass is 578 g/mol. The van der Waals surface area contributed by atoms with Gasteiger partial charge in [0.25, 0.3) is 5.91 Å². The van der Waals surface area contributed by atoms with Crippen molar-refractivity contribution in [1.29, 1.82) is 5.41 Å². The van der Waals surface area contributed by atoms with E-state index < -0.39 is 11.9 Å². The van der Waals surface area contributed by atoms with Gasteiger partial charge in [-0.1, -0.05) is 31.2 Å². The number of Topliss-reactive ketones (excluding diaryl/α,β-unsaturated/α-hetero) is 1. The first-order valence-corrected chi connectivity index (χ1v) is 13.5. The Labute approximate surface area is 245 Å². The van der Waals surface area contributed by atoms with Crippen molar-refractivity contribution in [3.8, 4) is 5.75 Å². The van der Waals surface area contributed by atoms with Crippen molar-refractivity contribution >= 4 is 40.8 Å². The van der Waals surface area contributed by atoms with E-state index >= 15 is 0 Å². The van der Waals surface area contributed by atoms with Crippen LogP contribution in [-0.2, 0) is 16.0 Å². The van der Waals surface area contributed by atoms with E-state index in [4.69, 9.17) is 26.5 Å². The zero-order valence-electron chi connectivity index (χ0n) is 22.2. The van der Waals surface area contributed by atoms with Gasteiger partial charge in [0, 0.05) is 41.7 Å². The van der Waals surface area contributed by atoms with Gasteiger partial charge in [0.1, 0.15) is 11.6 Å². The van der Waals surface area contributed by atoms with Crippen LogP contribution in [0.5, 0.6) is 5.75 Å². The van der Waals surface area contributed by atoms with Crippen LogP contribution in [0.1, 0.15) is 65.6 Å². The largest absolute Gasteiger partial charge is 0.482 e. The number of benzene rings is 2. The summed E-state index contributed by atoms with van der Waals surface area (Å²) >= 11 is 5.91. The summed E-state index contributed by atoms with van der Waals surface area (Å²) in [5, 5.41) is 11.8. The molecule has 4 rings (SSSR count). The lowest BCUT2D eigenvalue weighted by Gasteiger charge is -2.29. The number of carbonyl (C=O) groups is 3. The molecule has 216 valence electrons. The lowest BCUT2D eigenvalue weighted by molar-refractivity contribution is -0.145. The molecule has 0 spiro atoms. The van der Waals surface area contributed by atoms with Gasteiger partial charge in [0.05, 0.1) is 23.7 Å². The molecule has 0 bridgehead atoms. The number of ketones is 1. The van der Waals surface area contributed by atoms with Crippen molar-refractivity contribution in [1.82, 2.24) is 9.88 Å². The van der Waals surface area contributed by atoms with E-state index in [9.17, 15) is 14.4 Å². The predicted molar refractivity (Wildman–Crippen MR) is 159 cm³/mol. The summed E-state index contributed by atoms with van der Waals surface area (Å²) < 4.78 is 10.4. The number of aromatic nitrogens is 1. The molecule has 0 aliphatic carbocycles. The number of hydrogen-bond acceptors (Lipinski definition) is 7. The summed E-state index contributed by atoms with van der Waals surface area (Å²) in [6.07, 6.45) is 4.76. The summed E-state index contributed by atoms with van der Waals surface area (Å²) in [7, 11) is 0. The second kappa shape index (κ2) is 14.9. The molecule has 1 saturated heterocycles. The van der Waals surface area contributed by atoms with Crippen molar-refractivity contribution in [3.05, 3.63) is 88.2 Å². The maximum atomic E-state index is 13.3. The molecule has 1 aromatic heterocycles. The molecule has 2 heterocycles. The van der Waals surface area contributed by atoms with E-state index in [0.717, 1.165) is 31.5 Å². The summed E-state index contributed by atoms with van der Waals surface area (Å²) in [6, 6.07) is 14.8. The van der Waals surface area contributed by atoms with Crippen LogP contribution in [0.2, 0.25) is 5.02 Å². The number of ether oxygens (including phenoxy) is 2. The number of rotatable bonds is 10. The highest BCUT2D eigenvalue weighted by atomic mass is 35.5. The Morgan fingerprint density at radius 1 is 1.00 bits per heavy atom. The van der Waals surface area contributed by atoms with E-state index in [1.165, 1.54) is 18.7 Å². The minimum Gasteiger partial charge on any atom is -0.482 e. The second-order valence-electron chi connectivity index (χ2n) is 9.30. The fraction of sp³-hybridized carbons (Fsp3) is 0.323. The second-order valence-corrected chi connectivity index (χ2v) is 9.73. The number of esters is 1. The van der Waals surface area contributed by atoms with Crippen LogP contribution < -0.4 is 10.1 Å². The average molecular weight is 579 g/mol. The minimum absolute atomic E-state index is 0. The Morgan fingerprint density at radius 2 is 1.71 bits per heavy atom. The minimum atomic E-state index is -0.532. The third-order valence-electron chi connectivity index (χ3n) is 6.42. The number of amides is 1. The summed E-state index contributed by atoms with van der Waals surface area (Å²) in [6.45, 7) is 3.34. The maximum Gasteiger partial charge on any atom is 0.344 e. The number of halogens is 1. The van der Waals surface area contributed by atoms with Gasteiger partial charge in [-0.3, -0.25) is 20.0 Å². The van der Waals surface area contributed by atoms with Gasteiger partial charge in [-0.25, -0.2) is 4.79 Å². The molecular weight excluding hydrogens is 544 g/mol. The van der Waals surface area contributed by atoms with Crippen LogP contribution in [0.4, 0.5) is 5.69 Å². The van der Waals surface area contributed by atoms with Crippen LogP contribution in [0.15, 0.2) is 60.8 Å². The van der Waals surface area contributed by atoms with Crippen LogP contribution in [0, 0.1) is 5.41 Å². The Kier molecular flexibility index (Phi) is 11.4. The van der Waals surface area contributed by atoms with Crippen molar-refractivity contribution in [2.45, 2.75) is 40.0 Å². The standard InChI is InChI=1S/C30H31ClN4O5.CH4/c1-2-39-28(37)19-40-24-12-13-26(25(17-24)27(36)16-23-11-10-22(31)18-33-23)34-30(38)21-8-6-20(7-9-21)29(32)35-14-4-3-5-15-35;/h6-13,17-18,32H,2-5,14-16,19H2,1H3,(H,34,38);1H4. The van der Waals surface area contributed by atoms with Crippen LogP contribution in [0.25, 0.3) is 0 Å². The zero-order chi connectivity index (χ0) is 28.5. The Balaban J connectivity index is 0.00000462. The molecule has 9 nitrogen and oxygen atoms in total. The summed E-state index contributed by atoms with van der Waals surface area (Å²) in [4.78, 5) is 44.4. The molecule has 0 radical (unpaired) electrons. The highest BCUT2D eigenvalue weighted by Gasteiger charge is 2.19. The summed E-state index contributed by atoms with van der Waals surface area (Å²) in [5.74, 6) is -0.519. The van der Waals surface area contributed by atoms with Gasteiger partial charge in [-0.15, -0.1) is 0 Å². The number of pyridine rings is 1. The van der Waals surface area contributed by atoms with Gasteiger partial charge in [-0.05, 0) is 68.7 Å². The van der Waals surface area contributed by atoms with Crippen molar-refractivity contribution in [2.24, 2.45) is 0 Å². The number of amidine groups is 1. The number of carbonyl (C=O) groups excluding carboxylic acids is 3. The van der Waals surface area contributed by atoms with Crippen molar-refractivity contribution < 1.29 is 23.9 Å². The maximum absolute atomic E-state index is 13.3. The number of hydrogen-bond donors (Lipinski definition) is 2. The third-order valence-corrected chi connectivity index (χ3v) is 6.65. The molecule has 3 aromatic rings. The number of piperidine rings is 1. The molecule has 2 aromatic carbocycles. The summed E-state index contributed by atoms with van der Waals surface area (Å²) in [5.41, 5.74) is 2.13. The van der Waals surface area contributed by atoms with E-state index in [1.54, 1.807) is 55.5 Å². The molecule has 1 fully saturated rings. The first-order chi connectivity index (χ1) is 19.3. The molecule has 0 saturated carbocycles. The van der Waals surface area contributed by atoms with E-state index in [-0.39, 0.29) is 49.8 Å². The van der Waals surface area contributed by atoms with Gasteiger partial charge < -0.3 is 19.7 Å². The van der Waals surface area contributed by atoms with Crippen molar-refractivity contribution in [3.63, 3.8) is 0 Å². The van der Waals surface area contributed by atoms with Crippen LogP contribution in [-0.4, -0.2) is 59.7 Å². The fourth-order valence-electron chi connectivity index (χ4n) is 4.34. The number of likely N-dealkylation sites (tertiary alicyclic amines) is 1. The molecule has 1 amide bonds. The molecule has 0 atom stereocenters. The topological polar surface area (TPSA) is 122 Å². The number of nitrogens with zero attached hydrogens (tertiary/aromatic N) is 2. The molecule has 2 N–H and O–H groups in total. The molecule has 0 unspecified atom stereocenters. The smallest absolute Gasteiger partial charge is 0.344 e. The van der Waals surface area contributed by atoms with E-state index in [1.807, 2.05) is 0 Å². The lowest BCUT2D eigenvalue weighted by atomic mass is 10.0. The van der Waals surface area contributed by atoms with Gasteiger partial charge in [0.15, 0.2) is 12.4 Å². The van der Waals surface area contributed by atoms with E-state index in [0.29, 0.717) is 22.1 Å². The fourth-order valence-corrected chi connectivity index (χ4v) is 4.45. The van der Waals surface area contributed by atoms with Gasteiger partial charge >= 0.3 is 5.97 Å². The average Bonchev–Trinajstić information content (AvgIpc) is 2.98. The number of nitrogens with one attached hydrogen (secondary N) is 2. The molecule has 1 aliphatic heterocycles. The third kappa shape index (κ3) is 8.62. The molecule has 10 heteroatoms. The Hall–Kier alpha value is -4.24. The van der Waals surface area contributed by atoms with Crippen LogP contribution in [0.3, 0.4) is 0 Å². The molecule has 41 heavy (non-hydrogen) atoms. The lowest BCUT2D eigenvalue weighted by Crippen LogP contribution is -2.35. The van der Waals surface area contributed by atoms with Gasteiger partial charge in [-0.2, -0.15) is 0 Å². The zero-order valence-corrected chi connectivity index (χ0v) is 23.0. The highest BCUT2D eigenvalue weighted by molar-refractivity contribution is 6.30. The molecule has 1 aliphatic rings. The quantitative estimate of drug-likeness (QED) is 0.135. The number of anilines is 1. The van der Waals surface area contributed by atoms with E-state index in [2.05, 4.69) is 15.2 Å². The first kappa shape index (κ1) is 31.3. The highest BCUT2D eigenvalue weighted by Crippen LogP contribution is 2.25. The van der Waals surface area contributed by atoms with Crippen LogP contribution >= 0.6 is 11.6 Å². The predicted octanol–water partition coefficient (Wildman–Crippen LogP) is 5.80. The Morgan fingerprint density at radius 3 is 2.37 bits per heavy atom. The Bertz CT molecular complexity index is 1370.